The molecule has 0 aliphatic heterocycles. The van der Waals surface area contributed by atoms with Gasteiger partial charge in [0.15, 0.2) is 11.5 Å². The standard InChI is InChI=1S/C20H17F3N6/c1-11-6-12(2)8-13(7-11)16-10-29-18(17(24)26-16)27-19(28-29)25-15-5-3-4-14(9-15)20(21,22)23/h3-10H,1-2H3,(H2,24,26)(H,25,28). The van der Waals surface area contributed by atoms with Crippen molar-refractivity contribution in [3.8, 4) is 11.3 Å². The van der Waals surface area contributed by atoms with Gasteiger partial charge in [-0.15, -0.1) is 5.10 Å². The third-order valence-corrected chi connectivity index (χ3v) is 4.31. The maximum Gasteiger partial charge on any atom is 0.416 e. The maximum atomic E-state index is 12.9. The van der Waals surface area contributed by atoms with E-state index in [4.69, 9.17) is 5.73 Å². The number of halogens is 3. The minimum Gasteiger partial charge on any atom is -0.381 e. The van der Waals surface area contributed by atoms with Crippen LogP contribution in [0.4, 0.5) is 30.6 Å². The van der Waals surface area contributed by atoms with Gasteiger partial charge in [-0.05, 0) is 44.2 Å². The SMILES string of the molecule is Cc1cc(C)cc(-c2cn3nc(Nc4cccc(C(F)(F)F)c4)nc3c(N)n2)c1. The molecule has 0 spiro atoms. The Morgan fingerprint density at radius 3 is 2.41 bits per heavy atom. The van der Waals surface area contributed by atoms with E-state index in [2.05, 4.69) is 26.4 Å². The summed E-state index contributed by atoms with van der Waals surface area (Å²) in [4.78, 5) is 8.64. The van der Waals surface area contributed by atoms with Gasteiger partial charge in [0.2, 0.25) is 5.95 Å². The van der Waals surface area contributed by atoms with E-state index in [1.165, 1.54) is 16.6 Å². The van der Waals surface area contributed by atoms with Gasteiger partial charge in [-0.25, -0.2) is 9.50 Å². The summed E-state index contributed by atoms with van der Waals surface area (Å²) in [6.45, 7) is 3.98. The number of fused-ring (bicyclic) bond motifs is 1. The largest absolute Gasteiger partial charge is 0.416 e. The van der Waals surface area contributed by atoms with E-state index in [0.29, 0.717) is 11.3 Å². The topological polar surface area (TPSA) is 81.1 Å². The first kappa shape index (κ1) is 18.7. The van der Waals surface area contributed by atoms with Crippen LogP contribution in [0.15, 0.2) is 48.7 Å². The highest BCUT2D eigenvalue weighted by Crippen LogP contribution is 2.31. The number of hydrogen-bond donors (Lipinski definition) is 2. The summed E-state index contributed by atoms with van der Waals surface area (Å²) in [5.41, 5.74) is 9.51. The van der Waals surface area contributed by atoms with Crippen LogP contribution in [0.1, 0.15) is 16.7 Å². The lowest BCUT2D eigenvalue weighted by Crippen LogP contribution is -2.05. The number of nitrogen functional groups attached to an aromatic ring is 1. The lowest BCUT2D eigenvalue weighted by Gasteiger charge is -2.08. The van der Waals surface area contributed by atoms with Crippen LogP contribution in [-0.4, -0.2) is 19.6 Å². The Kier molecular flexibility index (Phi) is 4.37. The summed E-state index contributed by atoms with van der Waals surface area (Å²) >= 11 is 0. The molecule has 0 saturated heterocycles. The molecule has 0 radical (unpaired) electrons. The zero-order valence-corrected chi connectivity index (χ0v) is 15.6. The number of benzene rings is 2. The summed E-state index contributed by atoms with van der Waals surface area (Å²) in [6, 6.07) is 10.8. The van der Waals surface area contributed by atoms with Gasteiger partial charge in [-0.2, -0.15) is 18.2 Å². The summed E-state index contributed by atoms with van der Waals surface area (Å²) < 4.78 is 40.2. The van der Waals surface area contributed by atoms with Gasteiger partial charge in [0, 0.05) is 11.3 Å². The minimum absolute atomic E-state index is 0.121. The second-order valence-electron chi connectivity index (χ2n) is 6.79. The van der Waals surface area contributed by atoms with Crippen LogP contribution >= 0.6 is 0 Å². The van der Waals surface area contributed by atoms with Gasteiger partial charge in [0.25, 0.3) is 0 Å². The molecule has 0 aliphatic carbocycles. The fourth-order valence-corrected chi connectivity index (χ4v) is 3.13. The quantitative estimate of drug-likeness (QED) is 0.520. The Bertz CT molecular complexity index is 1190. The Morgan fingerprint density at radius 1 is 1.00 bits per heavy atom. The van der Waals surface area contributed by atoms with Crippen molar-refractivity contribution in [3.05, 3.63) is 65.4 Å². The van der Waals surface area contributed by atoms with Gasteiger partial charge >= 0.3 is 6.18 Å². The van der Waals surface area contributed by atoms with E-state index in [1.807, 2.05) is 26.0 Å². The maximum absolute atomic E-state index is 12.9. The van der Waals surface area contributed by atoms with Crippen molar-refractivity contribution >= 4 is 23.1 Å². The molecule has 148 valence electrons. The predicted octanol–water partition coefficient (Wildman–Crippen LogP) is 4.75. The van der Waals surface area contributed by atoms with Gasteiger partial charge in [-0.1, -0.05) is 23.3 Å². The lowest BCUT2D eigenvalue weighted by atomic mass is 10.1. The van der Waals surface area contributed by atoms with Crippen LogP contribution in [0, 0.1) is 13.8 Å². The smallest absolute Gasteiger partial charge is 0.381 e. The summed E-state index contributed by atoms with van der Waals surface area (Å²) in [5.74, 6) is 0.293. The second-order valence-corrected chi connectivity index (χ2v) is 6.79. The van der Waals surface area contributed by atoms with Crippen molar-refractivity contribution in [2.75, 3.05) is 11.1 Å². The highest BCUT2D eigenvalue weighted by Gasteiger charge is 2.30. The molecular weight excluding hydrogens is 381 g/mol. The van der Waals surface area contributed by atoms with E-state index in [0.717, 1.165) is 28.8 Å². The number of nitrogens with one attached hydrogen (secondary N) is 1. The average molecular weight is 398 g/mol. The van der Waals surface area contributed by atoms with Crippen molar-refractivity contribution in [1.29, 1.82) is 0 Å². The van der Waals surface area contributed by atoms with E-state index in [1.54, 1.807) is 6.20 Å². The zero-order chi connectivity index (χ0) is 20.8. The fourth-order valence-electron chi connectivity index (χ4n) is 3.13. The summed E-state index contributed by atoms with van der Waals surface area (Å²) in [5, 5.41) is 7.07. The lowest BCUT2D eigenvalue weighted by molar-refractivity contribution is -0.137. The van der Waals surface area contributed by atoms with Crippen molar-refractivity contribution in [2.24, 2.45) is 0 Å². The van der Waals surface area contributed by atoms with Crippen molar-refractivity contribution < 1.29 is 13.2 Å². The second kappa shape index (κ2) is 6.77. The molecule has 0 amide bonds. The fraction of sp³-hybridized carbons (Fsp3) is 0.150. The number of rotatable bonds is 3. The number of nitrogens with zero attached hydrogens (tertiary/aromatic N) is 4. The molecule has 4 aromatic rings. The molecule has 4 rings (SSSR count). The molecule has 29 heavy (non-hydrogen) atoms. The third-order valence-electron chi connectivity index (χ3n) is 4.31. The van der Waals surface area contributed by atoms with Crippen molar-refractivity contribution in [3.63, 3.8) is 0 Å². The van der Waals surface area contributed by atoms with Crippen LogP contribution in [-0.2, 0) is 6.18 Å². The molecule has 0 saturated carbocycles. The Hall–Kier alpha value is -3.62. The molecule has 2 heterocycles. The molecule has 0 aliphatic rings. The first-order valence-corrected chi connectivity index (χ1v) is 8.75. The molecule has 2 aromatic heterocycles. The van der Waals surface area contributed by atoms with Gasteiger partial charge in [0.1, 0.15) is 0 Å². The average Bonchev–Trinajstić information content (AvgIpc) is 3.03. The monoisotopic (exact) mass is 398 g/mol. The van der Waals surface area contributed by atoms with E-state index >= 15 is 0 Å². The summed E-state index contributed by atoms with van der Waals surface area (Å²) in [6.07, 6.45) is -2.75. The Morgan fingerprint density at radius 2 is 1.72 bits per heavy atom. The van der Waals surface area contributed by atoms with Crippen molar-refractivity contribution in [1.82, 2.24) is 19.6 Å². The Labute approximate surface area is 164 Å². The van der Waals surface area contributed by atoms with Crippen LogP contribution in [0.25, 0.3) is 16.9 Å². The van der Waals surface area contributed by atoms with Crippen LogP contribution in [0.3, 0.4) is 0 Å². The highest BCUT2D eigenvalue weighted by atomic mass is 19.4. The number of anilines is 3. The molecule has 0 unspecified atom stereocenters. The van der Waals surface area contributed by atoms with Crippen LogP contribution in [0.5, 0.6) is 0 Å². The van der Waals surface area contributed by atoms with Crippen molar-refractivity contribution in [2.45, 2.75) is 20.0 Å². The van der Waals surface area contributed by atoms with E-state index in [-0.39, 0.29) is 17.5 Å². The normalized spacial score (nSPS) is 11.8. The van der Waals surface area contributed by atoms with Gasteiger partial charge in [-0.3, -0.25) is 0 Å². The van der Waals surface area contributed by atoms with E-state index < -0.39 is 11.7 Å². The molecular formula is C20H17F3N6. The number of aromatic nitrogens is 4. The predicted molar refractivity (Wildman–Crippen MR) is 105 cm³/mol. The molecule has 6 nitrogen and oxygen atoms in total. The zero-order valence-electron chi connectivity index (χ0n) is 15.6. The number of aryl methyl sites for hydroxylation is 2. The van der Waals surface area contributed by atoms with Crippen LogP contribution < -0.4 is 11.1 Å². The van der Waals surface area contributed by atoms with E-state index in [9.17, 15) is 13.2 Å². The molecule has 2 aromatic carbocycles. The first-order valence-electron chi connectivity index (χ1n) is 8.75. The van der Waals surface area contributed by atoms with Gasteiger partial charge in [0.05, 0.1) is 17.5 Å². The first-order chi connectivity index (χ1) is 13.7. The number of nitrogens with two attached hydrogens (primary N) is 1. The van der Waals surface area contributed by atoms with Crippen LogP contribution in [0.2, 0.25) is 0 Å². The number of hydrogen-bond acceptors (Lipinski definition) is 5. The molecule has 9 heteroatoms. The third kappa shape index (κ3) is 3.84. The number of alkyl halides is 3. The molecule has 0 fully saturated rings. The highest BCUT2D eigenvalue weighted by molar-refractivity contribution is 5.69. The molecule has 0 bridgehead atoms. The minimum atomic E-state index is -4.43. The summed E-state index contributed by atoms with van der Waals surface area (Å²) in [7, 11) is 0. The molecule has 3 N–H and O–H groups in total. The molecule has 0 atom stereocenters. The van der Waals surface area contributed by atoms with Gasteiger partial charge < -0.3 is 11.1 Å². The Balaban J connectivity index is 1.71.